The van der Waals surface area contributed by atoms with Gasteiger partial charge in [-0.25, -0.2) is 9.10 Å². The average molecular weight is 199 g/mol. The highest BCUT2D eigenvalue weighted by atomic mass is 32.2. The zero-order valence-corrected chi connectivity index (χ0v) is 7.36. The van der Waals surface area contributed by atoms with Gasteiger partial charge in [0.1, 0.15) is 0 Å². The highest BCUT2D eigenvalue weighted by Crippen LogP contribution is 2.13. The molecule has 1 aromatic rings. The number of hydrogen-bond acceptors (Lipinski definition) is 3. The Balaban J connectivity index is 3.03. The van der Waals surface area contributed by atoms with E-state index < -0.39 is 17.3 Å². The van der Waals surface area contributed by atoms with Crippen molar-refractivity contribution < 1.29 is 13.6 Å². The van der Waals surface area contributed by atoms with Gasteiger partial charge >= 0.3 is 6.03 Å². The van der Waals surface area contributed by atoms with Crippen LogP contribution in [0.1, 0.15) is 0 Å². The molecule has 0 aliphatic rings. The van der Waals surface area contributed by atoms with Crippen molar-refractivity contribution in [3.05, 3.63) is 30.3 Å². The van der Waals surface area contributed by atoms with E-state index in [1.54, 1.807) is 18.2 Å². The molecule has 1 aromatic carbocycles. The molecule has 2 amide bonds. The van der Waals surface area contributed by atoms with Crippen molar-refractivity contribution in [2.75, 3.05) is 4.31 Å². The van der Waals surface area contributed by atoms with E-state index >= 15 is 0 Å². The summed E-state index contributed by atoms with van der Waals surface area (Å²) in [6.45, 7) is 0. The molecule has 1 unspecified atom stereocenters. The van der Waals surface area contributed by atoms with E-state index in [0.717, 1.165) is 0 Å². The molecule has 0 heterocycles. The number of anilines is 1. The summed E-state index contributed by atoms with van der Waals surface area (Å²) in [6.07, 6.45) is 0. The van der Waals surface area contributed by atoms with Crippen molar-refractivity contribution in [3.8, 4) is 0 Å². The first kappa shape index (κ1) is 9.69. The number of primary amides is 1. The lowest BCUT2D eigenvalue weighted by atomic mass is 10.3. The molecule has 0 aliphatic heterocycles. The van der Waals surface area contributed by atoms with E-state index in [4.69, 9.17) is 5.73 Å². The summed E-state index contributed by atoms with van der Waals surface area (Å²) >= 11 is -2.68. The standard InChI is InChI=1S/C7H8N2O3S/c8-7(10)9(13(11)12)6-4-2-1-3-5-6/h1-5H,(H2,8,10)(H,11,12)/p-1. The molecule has 0 fully saturated rings. The summed E-state index contributed by atoms with van der Waals surface area (Å²) in [5.74, 6) is 0. The average Bonchev–Trinajstić information content (AvgIpc) is 2.04. The van der Waals surface area contributed by atoms with Crippen molar-refractivity contribution >= 4 is 23.0 Å². The molecule has 2 N–H and O–H groups in total. The summed E-state index contributed by atoms with van der Waals surface area (Å²) in [6, 6.07) is 6.84. The van der Waals surface area contributed by atoms with Crippen molar-refractivity contribution in [3.63, 3.8) is 0 Å². The number of carbonyl (C=O) groups excluding carboxylic acids is 1. The molecular formula is C7H7N2O3S-. The van der Waals surface area contributed by atoms with Gasteiger partial charge < -0.3 is 10.3 Å². The first-order chi connectivity index (χ1) is 6.13. The number of benzene rings is 1. The second-order valence-electron chi connectivity index (χ2n) is 2.19. The number of para-hydroxylation sites is 1. The van der Waals surface area contributed by atoms with Crippen LogP contribution in [0.5, 0.6) is 0 Å². The molecule has 70 valence electrons. The summed E-state index contributed by atoms with van der Waals surface area (Å²) in [4.78, 5) is 10.7. The van der Waals surface area contributed by atoms with E-state index in [0.29, 0.717) is 4.31 Å². The minimum absolute atomic E-state index is 0.225. The van der Waals surface area contributed by atoms with Crippen molar-refractivity contribution in [1.82, 2.24) is 0 Å². The smallest absolute Gasteiger partial charge is 0.330 e. The number of carbonyl (C=O) groups is 1. The van der Waals surface area contributed by atoms with Gasteiger partial charge in [-0.1, -0.05) is 18.2 Å². The molecule has 0 saturated heterocycles. The Morgan fingerprint density at radius 1 is 1.38 bits per heavy atom. The van der Waals surface area contributed by atoms with Crippen LogP contribution in [0.2, 0.25) is 0 Å². The van der Waals surface area contributed by atoms with Crippen LogP contribution < -0.4 is 10.0 Å². The Morgan fingerprint density at radius 3 is 2.31 bits per heavy atom. The Labute approximate surface area is 77.6 Å². The van der Waals surface area contributed by atoms with Crippen molar-refractivity contribution in [2.24, 2.45) is 5.73 Å². The van der Waals surface area contributed by atoms with E-state index in [1.165, 1.54) is 12.1 Å². The molecule has 0 aromatic heterocycles. The number of nitrogens with two attached hydrogens (primary N) is 1. The molecule has 1 rings (SSSR count). The second kappa shape index (κ2) is 4.01. The van der Waals surface area contributed by atoms with Gasteiger partial charge in [-0.05, 0) is 12.1 Å². The summed E-state index contributed by atoms with van der Waals surface area (Å²) < 4.78 is 21.6. The lowest BCUT2D eigenvalue weighted by molar-refractivity contribution is 0.256. The first-order valence-corrected chi connectivity index (χ1v) is 4.40. The minimum Gasteiger partial charge on any atom is -0.755 e. The van der Waals surface area contributed by atoms with Gasteiger partial charge in [0.15, 0.2) is 0 Å². The van der Waals surface area contributed by atoms with Crippen LogP contribution in [0.4, 0.5) is 10.5 Å². The van der Waals surface area contributed by atoms with E-state index in [1.807, 2.05) is 0 Å². The van der Waals surface area contributed by atoms with E-state index in [2.05, 4.69) is 0 Å². The monoisotopic (exact) mass is 199 g/mol. The number of rotatable bonds is 2. The third kappa shape index (κ3) is 2.27. The lowest BCUT2D eigenvalue weighted by Crippen LogP contribution is -2.36. The second-order valence-corrected chi connectivity index (χ2v) is 2.98. The van der Waals surface area contributed by atoms with Gasteiger partial charge in [0.25, 0.3) is 0 Å². The zero-order valence-electron chi connectivity index (χ0n) is 6.54. The number of nitrogens with zero attached hydrogens (tertiary/aromatic N) is 1. The van der Waals surface area contributed by atoms with Gasteiger partial charge in [-0.3, -0.25) is 4.21 Å². The maximum absolute atomic E-state index is 10.7. The first-order valence-electron chi connectivity index (χ1n) is 3.37. The number of urea groups is 1. The van der Waals surface area contributed by atoms with Crippen LogP contribution in [0.25, 0.3) is 0 Å². The highest BCUT2D eigenvalue weighted by molar-refractivity contribution is 7.81. The molecule has 0 radical (unpaired) electrons. The maximum atomic E-state index is 10.7. The SMILES string of the molecule is NC(=O)N(c1ccccc1)S(=O)[O-]. The third-order valence-electron chi connectivity index (χ3n) is 1.34. The third-order valence-corrected chi connectivity index (χ3v) is 2.03. The summed E-state index contributed by atoms with van der Waals surface area (Å²) in [5.41, 5.74) is 5.09. The van der Waals surface area contributed by atoms with Crippen LogP contribution in [0, 0.1) is 0 Å². The molecule has 0 aliphatic carbocycles. The van der Waals surface area contributed by atoms with Crippen LogP contribution in [0.3, 0.4) is 0 Å². The molecule has 0 spiro atoms. The van der Waals surface area contributed by atoms with Crippen LogP contribution in [0.15, 0.2) is 30.3 Å². The quantitative estimate of drug-likeness (QED) is 0.698. The molecule has 0 saturated carbocycles. The van der Waals surface area contributed by atoms with Crippen LogP contribution in [-0.2, 0) is 11.3 Å². The molecular weight excluding hydrogens is 192 g/mol. The topological polar surface area (TPSA) is 86.5 Å². The van der Waals surface area contributed by atoms with Crippen LogP contribution in [-0.4, -0.2) is 14.8 Å². The van der Waals surface area contributed by atoms with Crippen molar-refractivity contribution in [1.29, 1.82) is 0 Å². The van der Waals surface area contributed by atoms with Gasteiger partial charge in [-0.15, -0.1) is 0 Å². The largest absolute Gasteiger partial charge is 0.755 e. The molecule has 1 atom stereocenters. The Hall–Kier alpha value is -1.40. The van der Waals surface area contributed by atoms with Gasteiger partial charge in [0.05, 0.1) is 17.0 Å². The molecule has 5 nitrogen and oxygen atoms in total. The van der Waals surface area contributed by atoms with Crippen molar-refractivity contribution in [2.45, 2.75) is 0 Å². The predicted molar refractivity (Wildman–Crippen MR) is 47.4 cm³/mol. The molecule has 13 heavy (non-hydrogen) atoms. The Bertz CT molecular complexity index is 314. The normalized spacial score (nSPS) is 12.1. The summed E-state index contributed by atoms with van der Waals surface area (Å²) in [5, 5.41) is 0. The molecule has 0 bridgehead atoms. The van der Waals surface area contributed by atoms with Gasteiger partial charge in [-0.2, -0.15) is 0 Å². The number of amides is 2. The van der Waals surface area contributed by atoms with E-state index in [9.17, 15) is 13.6 Å². The van der Waals surface area contributed by atoms with Gasteiger partial charge in [0.2, 0.25) is 0 Å². The summed E-state index contributed by atoms with van der Waals surface area (Å²) in [7, 11) is 0. The predicted octanol–water partition coefficient (Wildman–Crippen LogP) is 0.366. The molecule has 6 heteroatoms. The Morgan fingerprint density at radius 2 is 1.92 bits per heavy atom. The van der Waals surface area contributed by atoms with Gasteiger partial charge in [0, 0.05) is 0 Å². The number of hydrogen-bond donors (Lipinski definition) is 1. The Kier molecular flexibility index (Phi) is 2.99. The maximum Gasteiger partial charge on any atom is 0.330 e. The minimum atomic E-state index is -2.68. The van der Waals surface area contributed by atoms with Crippen LogP contribution >= 0.6 is 0 Å². The fourth-order valence-electron chi connectivity index (χ4n) is 0.850. The lowest BCUT2D eigenvalue weighted by Gasteiger charge is -2.21. The highest BCUT2D eigenvalue weighted by Gasteiger charge is 2.11. The fraction of sp³-hybridized carbons (Fsp3) is 0. The zero-order chi connectivity index (χ0) is 9.84. The fourth-order valence-corrected chi connectivity index (χ4v) is 1.29. The van der Waals surface area contributed by atoms with E-state index in [-0.39, 0.29) is 5.69 Å².